The van der Waals surface area contributed by atoms with E-state index in [9.17, 15) is 9.59 Å². The van der Waals surface area contributed by atoms with Gasteiger partial charge in [0.2, 0.25) is 0 Å². The van der Waals surface area contributed by atoms with Crippen molar-refractivity contribution in [3.63, 3.8) is 0 Å². The van der Waals surface area contributed by atoms with Crippen molar-refractivity contribution in [2.45, 2.75) is 20.3 Å². The molecule has 0 spiro atoms. The van der Waals surface area contributed by atoms with Crippen LogP contribution in [0.2, 0.25) is 0 Å². The van der Waals surface area contributed by atoms with Crippen LogP contribution in [0, 0.1) is 0 Å². The van der Waals surface area contributed by atoms with Crippen molar-refractivity contribution in [1.82, 2.24) is 9.78 Å². The van der Waals surface area contributed by atoms with E-state index in [4.69, 9.17) is 4.74 Å². The summed E-state index contributed by atoms with van der Waals surface area (Å²) in [5.41, 5.74) is 1.18. The molecule has 0 aliphatic rings. The fourth-order valence-electron chi connectivity index (χ4n) is 1.94. The van der Waals surface area contributed by atoms with E-state index in [-0.39, 0.29) is 16.9 Å². The van der Waals surface area contributed by atoms with E-state index < -0.39 is 0 Å². The van der Waals surface area contributed by atoms with E-state index in [2.05, 4.69) is 5.10 Å². The molecule has 2 aromatic rings. The minimum Gasteiger partial charge on any atom is -0.494 e. The lowest BCUT2D eigenvalue weighted by Gasteiger charge is -2.08. The van der Waals surface area contributed by atoms with E-state index in [1.165, 1.54) is 24.7 Å². The van der Waals surface area contributed by atoms with Gasteiger partial charge >= 0.3 is 0 Å². The second-order valence-electron chi connectivity index (χ2n) is 4.80. The number of hydrogen-bond acceptors (Lipinski definition) is 4. The van der Waals surface area contributed by atoms with Gasteiger partial charge in [0.15, 0.2) is 5.78 Å². The van der Waals surface area contributed by atoms with Gasteiger partial charge in [0.05, 0.1) is 17.9 Å². The van der Waals surface area contributed by atoms with Gasteiger partial charge in [-0.25, -0.2) is 4.68 Å². The minimum atomic E-state index is -0.380. The average molecular weight is 286 g/mol. The lowest BCUT2D eigenvalue weighted by molar-refractivity contribution is 0.101. The molecule has 1 aromatic carbocycles. The van der Waals surface area contributed by atoms with E-state index in [0.29, 0.717) is 12.3 Å². The first kappa shape index (κ1) is 15.0. The Morgan fingerprint density at radius 1 is 1.29 bits per heavy atom. The monoisotopic (exact) mass is 286 g/mol. The molecule has 5 heteroatoms. The summed E-state index contributed by atoms with van der Waals surface area (Å²) >= 11 is 0. The number of benzene rings is 1. The van der Waals surface area contributed by atoms with Gasteiger partial charge in [-0.05, 0) is 43.7 Å². The van der Waals surface area contributed by atoms with Gasteiger partial charge in [-0.15, -0.1) is 0 Å². The Morgan fingerprint density at radius 3 is 2.52 bits per heavy atom. The summed E-state index contributed by atoms with van der Waals surface area (Å²) in [5, 5.41) is 4.19. The van der Waals surface area contributed by atoms with E-state index in [0.717, 1.165) is 17.7 Å². The molecule has 0 unspecified atom stereocenters. The van der Waals surface area contributed by atoms with Crippen molar-refractivity contribution in [2.24, 2.45) is 7.05 Å². The molecule has 110 valence electrons. The maximum absolute atomic E-state index is 11.8. The molecular formula is C16H18N2O3. The Kier molecular flexibility index (Phi) is 4.52. The highest BCUT2D eigenvalue weighted by molar-refractivity contribution is 5.94. The van der Waals surface area contributed by atoms with Crippen LogP contribution in [0.1, 0.15) is 30.6 Å². The van der Waals surface area contributed by atoms with Crippen LogP contribution in [0.25, 0.3) is 11.3 Å². The van der Waals surface area contributed by atoms with Crippen LogP contribution < -0.4 is 10.3 Å². The molecule has 0 amide bonds. The standard InChI is InChI=1S/C16H18N2O3/c1-4-9-21-13-7-5-12(6-8-13)15-10-14(11(2)19)16(20)18(3)17-15/h5-8,10H,4,9H2,1-3H3. The number of nitrogens with zero attached hydrogens (tertiary/aromatic N) is 2. The molecule has 1 heterocycles. The van der Waals surface area contributed by atoms with Crippen molar-refractivity contribution in [3.8, 4) is 17.0 Å². The Labute approximate surface area is 123 Å². The van der Waals surface area contributed by atoms with Crippen LogP contribution in [-0.4, -0.2) is 22.2 Å². The fraction of sp³-hybridized carbons (Fsp3) is 0.312. The summed E-state index contributed by atoms with van der Waals surface area (Å²) < 4.78 is 6.71. The second-order valence-corrected chi connectivity index (χ2v) is 4.80. The molecule has 0 aliphatic carbocycles. The molecule has 0 aliphatic heterocycles. The average Bonchev–Trinajstić information content (AvgIpc) is 2.48. The quantitative estimate of drug-likeness (QED) is 0.792. The van der Waals surface area contributed by atoms with Gasteiger partial charge < -0.3 is 4.74 Å². The second kappa shape index (κ2) is 6.35. The van der Waals surface area contributed by atoms with E-state index >= 15 is 0 Å². The Morgan fingerprint density at radius 2 is 1.95 bits per heavy atom. The molecule has 0 atom stereocenters. The summed E-state index contributed by atoms with van der Waals surface area (Å²) in [7, 11) is 1.54. The summed E-state index contributed by atoms with van der Waals surface area (Å²) in [6.45, 7) is 4.10. The van der Waals surface area contributed by atoms with Crippen LogP contribution in [0.3, 0.4) is 0 Å². The first-order valence-electron chi connectivity index (χ1n) is 6.85. The molecule has 1 aromatic heterocycles. The van der Waals surface area contributed by atoms with Crippen LogP contribution in [0.5, 0.6) is 5.75 Å². The molecule has 0 saturated heterocycles. The summed E-state index contributed by atoms with van der Waals surface area (Å²) in [4.78, 5) is 23.3. The number of aryl methyl sites for hydroxylation is 1. The van der Waals surface area contributed by atoms with Crippen LogP contribution in [0.4, 0.5) is 0 Å². The molecule has 2 rings (SSSR count). The minimum absolute atomic E-state index is 0.147. The molecule has 5 nitrogen and oxygen atoms in total. The number of rotatable bonds is 5. The number of ketones is 1. The fourth-order valence-corrected chi connectivity index (χ4v) is 1.94. The lowest BCUT2D eigenvalue weighted by Crippen LogP contribution is -2.25. The number of carbonyl (C=O) groups is 1. The predicted octanol–water partition coefficient (Wildman–Crippen LogP) is 2.44. The Balaban J connectivity index is 2.38. The van der Waals surface area contributed by atoms with Crippen molar-refractivity contribution >= 4 is 5.78 Å². The van der Waals surface area contributed by atoms with E-state index in [1.54, 1.807) is 0 Å². The predicted molar refractivity (Wildman–Crippen MR) is 80.7 cm³/mol. The van der Waals surface area contributed by atoms with Gasteiger partial charge in [-0.1, -0.05) is 6.92 Å². The third-order valence-corrected chi connectivity index (χ3v) is 3.07. The molecule has 21 heavy (non-hydrogen) atoms. The normalized spacial score (nSPS) is 10.4. The van der Waals surface area contributed by atoms with E-state index in [1.807, 2.05) is 31.2 Å². The van der Waals surface area contributed by atoms with Gasteiger partial charge in [0.1, 0.15) is 5.75 Å². The van der Waals surface area contributed by atoms with Crippen LogP contribution >= 0.6 is 0 Å². The summed E-state index contributed by atoms with van der Waals surface area (Å²) in [6.07, 6.45) is 0.950. The first-order chi connectivity index (χ1) is 10.0. The zero-order chi connectivity index (χ0) is 15.4. The highest BCUT2D eigenvalue weighted by Gasteiger charge is 2.11. The lowest BCUT2D eigenvalue weighted by atomic mass is 10.1. The summed E-state index contributed by atoms with van der Waals surface area (Å²) in [5.74, 6) is 0.527. The molecule has 0 fully saturated rings. The molecular weight excluding hydrogens is 268 g/mol. The zero-order valence-corrected chi connectivity index (χ0v) is 12.4. The largest absolute Gasteiger partial charge is 0.494 e. The number of Topliss-reactive ketones (excluding diaryl/α,β-unsaturated/α-hetero) is 1. The maximum Gasteiger partial charge on any atom is 0.277 e. The number of carbonyl (C=O) groups excluding carboxylic acids is 1. The first-order valence-corrected chi connectivity index (χ1v) is 6.85. The molecule has 0 saturated carbocycles. The summed E-state index contributed by atoms with van der Waals surface area (Å²) in [6, 6.07) is 8.96. The van der Waals surface area contributed by atoms with Crippen molar-refractivity contribution in [2.75, 3.05) is 6.61 Å². The van der Waals surface area contributed by atoms with Gasteiger partial charge in [0.25, 0.3) is 5.56 Å². The molecule has 0 bridgehead atoms. The van der Waals surface area contributed by atoms with Crippen LogP contribution in [0.15, 0.2) is 35.1 Å². The van der Waals surface area contributed by atoms with Gasteiger partial charge in [0, 0.05) is 12.6 Å². The maximum atomic E-state index is 11.8. The zero-order valence-electron chi connectivity index (χ0n) is 12.4. The number of hydrogen-bond donors (Lipinski definition) is 0. The van der Waals surface area contributed by atoms with Gasteiger partial charge in [-0.2, -0.15) is 5.10 Å². The van der Waals surface area contributed by atoms with Crippen molar-refractivity contribution in [3.05, 3.63) is 46.2 Å². The van der Waals surface area contributed by atoms with Crippen molar-refractivity contribution < 1.29 is 9.53 Å². The Bertz CT molecular complexity index is 702. The smallest absolute Gasteiger partial charge is 0.277 e. The number of ether oxygens (including phenoxy) is 1. The topological polar surface area (TPSA) is 61.2 Å². The SMILES string of the molecule is CCCOc1ccc(-c2cc(C(C)=O)c(=O)n(C)n2)cc1. The third kappa shape index (κ3) is 3.37. The van der Waals surface area contributed by atoms with Crippen LogP contribution in [-0.2, 0) is 7.05 Å². The van der Waals surface area contributed by atoms with Gasteiger partial charge in [-0.3, -0.25) is 9.59 Å². The highest BCUT2D eigenvalue weighted by atomic mass is 16.5. The van der Waals surface area contributed by atoms with Crippen molar-refractivity contribution in [1.29, 1.82) is 0 Å². The Hall–Kier alpha value is -2.43. The molecule has 0 N–H and O–H groups in total. The third-order valence-electron chi connectivity index (χ3n) is 3.07. The highest BCUT2D eigenvalue weighted by Crippen LogP contribution is 2.20. The molecule has 0 radical (unpaired) electrons. The number of aromatic nitrogens is 2.